The molecule has 42 heavy (non-hydrogen) atoms. The van der Waals surface area contributed by atoms with Gasteiger partial charge in [-0.2, -0.15) is 9.97 Å². The summed E-state index contributed by atoms with van der Waals surface area (Å²) in [6.07, 6.45) is 3.52. The average molecular weight is 616 g/mol. The van der Waals surface area contributed by atoms with Crippen LogP contribution in [0.2, 0.25) is 0 Å². The fraction of sp³-hybridized carbons (Fsp3) is 0.500. The number of hydrogen-bond acceptors (Lipinski definition) is 11. The number of rotatable bonds is 10. The molecule has 0 bridgehead atoms. The molecule has 4 heterocycles. The number of carboxylic acids is 1. The summed E-state index contributed by atoms with van der Waals surface area (Å²) in [7, 11) is -3.43. The van der Waals surface area contributed by atoms with Gasteiger partial charge in [-0.15, -0.1) is 0 Å². The minimum Gasteiger partial charge on any atom is -0.477 e. The van der Waals surface area contributed by atoms with Crippen molar-refractivity contribution in [2.75, 3.05) is 46.1 Å². The Morgan fingerprint density at radius 2 is 1.79 bits per heavy atom. The highest BCUT2D eigenvalue weighted by molar-refractivity contribution is 7.93. The Morgan fingerprint density at radius 1 is 1.10 bits per heavy atom. The van der Waals surface area contributed by atoms with Gasteiger partial charge in [0.25, 0.3) is 0 Å². The maximum Gasteiger partial charge on any atom is 0.347 e. The maximum absolute atomic E-state index is 12.3. The molecule has 12 nitrogen and oxygen atoms in total. The molecular weight excluding hydrogens is 578 g/mol. The van der Waals surface area contributed by atoms with Crippen LogP contribution in [0, 0.1) is 12.8 Å². The van der Waals surface area contributed by atoms with Gasteiger partial charge in [-0.25, -0.2) is 18.2 Å². The normalized spacial score (nSPS) is 16.0. The lowest BCUT2D eigenvalue weighted by Crippen LogP contribution is -2.38. The van der Waals surface area contributed by atoms with E-state index in [1.54, 1.807) is 32.9 Å². The van der Waals surface area contributed by atoms with E-state index in [4.69, 9.17) is 9.97 Å². The molecule has 0 spiro atoms. The molecule has 2 aliphatic rings. The number of anilines is 5. The zero-order chi connectivity index (χ0) is 30.0. The molecule has 1 aromatic carbocycles. The summed E-state index contributed by atoms with van der Waals surface area (Å²) in [6.45, 7) is 8.05. The van der Waals surface area contributed by atoms with Crippen LogP contribution in [0.4, 0.5) is 28.4 Å². The van der Waals surface area contributed by atoms with Gasteiger partial charge in [0, 0.05) is 44.0 Å². The van der Waals surface area contributed by atoms with Crippen molar-refractivity contribution in [3.05, 3.63) is 46.0 Å². The van der Waals surface area contributed by atoms with Gasteiger partial charge in [0.2, 0.25) is 16.0 Å². The third-order valence-electron chi connectivity index (χ3n) is 7.71. The molecule has 3 aromatic rings. The van der Waals surface area contributed by atoms with Crippen LogP contribution >= 0.6 is 11.3 Å². The number of aromatic carboxylic acids is 1. The standard InChI is InChI=1S/C28H37N7O5S2/c1-17(2)42(39,40)33-21-8-6-19(7-9-21)15-35-12-4-5-22-24(34-13-10-20(16-36)11-14-34)30-27(31-25(22)35)32-28-29-18(3)23(41-28)26(37)38/h6-9,17,20,33,36H,4-5,10-16H2,1-3H3,(H,37,38)(H,29,30,31,32). The average Bonchev–Trinajstić information content (AvgIpc) is 3.34. The van der Waals surface area contributed by atoms with E-state index in [9.17, 15) is 23.4 Å². The van der Waals surface area contributed by atoms with Crippen molar-refractivity contribution in [1.29, 1.82) is 0 Å². The number of fused-ring (bicyclic) bond motifs is 1. The predicted molar refractivity (Wildman–Crippen MR) is 165 cm³/mol. The highest BCUT2D eigenvalue weighted by Crippen LogP contribution is 2.37. The summed E-state index contributed by atoms with van der Waals surface area (Å²) >= 11 is 1.05. The number of sulfonamides is 1. The Balaban J connectivity index is 1.45. The van der Waals surface area contributed by atoms with Crippen LogP contribution in [0.25, 0.3) is 0 Å². The Bertz CT molecular complexity index is 1530. The van der Waals surface area contributed by atoms with E-state index in [1.807, 2.05) is 12.1 Å². The molecule has 2 aliphatic heterocycles. The number of aryl methyl sites for hydroxylation is 1. The van der Waals surface area contributed by atoms with Gasteiger partial charge in [-0.3, -0.25) is 10.0 Å². The number of carboxylic acid groups (broad SMARTS) is 1. The second-order valence-electron chi connectivity index (χ2n) is 11.1. The SMILES string of the molecule is Cc1nc(Nc2nc(N3CCC(CO)CC3)c3c(n2)N(Cc2ccc(NS(=O)(=O)C(C)C)cc2)CCC3)sc1C(=O)O. The van der Waals surface area contributed by atoms with E-state index >= 15 is 0 Å². The molecule has 1 saturated heterocycles. The zero-order valence-corrected chi connectivity index (χ0v) is 25.6. The molecular formula is C28H37N7O5S2. The third-order valence-corrected chi connectivity index (χ3v) is 10.5. The maximum atomic E-state index is 12.3. The number of benzene rings is 1. The van der Waals surface area contributed by atoms with E-state index in [2.05, 4.69) is 24.8 Å². The summed E-state index contributed by atoms with van der Waals surface area (Å²) < 4.78 is 27.2. The topological polar surface area (TPSA) is 161 Å². The Labute approximate surface area is 249 Å². The van der Waals surface area contributed by atoms with Gasteiger partial charge in [0.05, 0.1) is 10.9 Å². The van der Waals surface area contributed by atoms with Crippen LogP contribution in [0.15, 0.2) is 24.3 Å². The Kier molecular flexibility index (Phi) is 8.85. The van der Waals surface area contributed by atoms with Crippen LogP contribution in [0.1, 0.15) is 59.6 Å². The van der Waals surface area contributed by atoms with Crippen LogP contribution in [0.3, 0.4) is 0 Å². The Hall–Kier alpha value is -3.49. The van der Waals surface area contributed by atoms with E-state index < -0.39 is 21.2 Å². The molecule has 0 radical (unpaired) electrons. The van der Waals surface area contributed by atoms with Crippen LogP contribution < -0.4 is 19.8 Å². The van der Waals surface area contributed by atoms with Gasteiger partial charge in [0.15, 0.2) is 5.13 Å². The number of aromatic nitrogens is 3. The lowest BCUT2D eigenvalue weighted by atomic mass is 9.97. The Morgan fingerprint density at radius 3 is 2.40 bits per heavy atom. The van der Waals surface area contributed by atoms with Gasteiger partial charge < -0.3 is 20.0 Å². The minimum atomic E-state index is -3.43. The molecule has 2 aromatic heterocycles. The number of thiazole rings is 1. The van der Waals surface area contributed by atoms with E-state index in [0.717, 1.165) is 79.4 Å². The van der Waals surface area contributed by atoms with Gasteiger partial charge in [-0.1, -0.05) is 23.5 Å². The first-order valence-electron chi connectivity index (χ1n) is 14.1. The monoisotopic (exact) mass is 615 g/mol. The highest BCUT2D eigenvalue weighted by Gasteiger charge is 2.29. The van der Waals surface area contributed by atoms with Gasteiger partial charge in [0.1, 0.15) is 16.5 Å². The van der Waals surface area contributed by atoms with Crippen molar-refractivity contribution < 1.29 is 23.4 Å². The molecule has 4 N–H and O–H groups in total. The zero-order valence-electron chi connectivity index (χ0n) is 24.0. The summed E-state index contributed by atoms with van der Waals surface area (Å²) in [4.78, 5) is 30.4. The van der Waals surface area contributed by atoms with Crippen molar-refractivity contribution in [2.45, 2.75) is 58.2 Å². The quantitative estimate of drug-likeness (QED) is 0.261. The van der Waals surface area contributed by atoms with Crippen LogP contribution in [0.5, 0.6) is 0 Å². The van der Waals surface area contributed by atoms with Crippen molar-refractivity contribution in [1.82, 2.24) is 15.0 Å². The lowest BCUT2D eigenvalue weighted by Gasteiger charge is -2.37. The van der Waals surface area contributed by atoms with Crippen molar-refractivity contribution >= 4 is 55.7 Å². The molecule has 0 unspecified atom stereocenters. The molecule has 0 atom stereocenters. The number of nitrogens with one attached hydrogen (secondary N) is 2. The smallest absolute Gasteiger partial charge is 0.347 e. The second kappa shape index (κ2) is 12.4. The number of nitrogens with zero attached hydrogens (tertiary/aromatic N) is 5. The predicted octanol–water partition coefficient (Wildman–Crippen LogP) is 3.99. The highest BCUT2D eigenvalue weighted by atomic mass is 32.2. The fourth-order valence-electron chi connectivity index (χ4n) is 5.22. The number of piperidine rings is 1. The molecule has 0 amide bonds. The summed E-state index contributed by atoms with van der Waals surface area (Å²) in [5, 5.41) is 22.2. The number of carbonyl (C=O) groups is 1. The molecule has 1 fully saturated rings. The van der Waals surface area contributed by atoms with Crippen LogP contribution in [-0.2, 0) is 23.0 Å². The first-order valence-corrected chi connectivity index (χ1v) is 16.5. The van der Waals surface area contributed by atoms with E-state index in [1.165, 1.54) is 0 Å². The first kappa shape index (κ1) is 30.0. The van der Waals surface area contributed by atoms with E-state index in [-0.39, 0.29) is 17.4 Å². The first-order chi connectivity index (χ1) is 20.0. The summed E-state index contributed by atoms with van der Waals surface area (Å²) in [6, 6.07) is 7.38. The minimum absolute atomic E-state index is 0.169. The van der Waals surface area contributed by atoms with Crippen LogP contribution in [-0.4, -0.2) is 71.0 Å². The summed E-state index contributed by atoms with van der Waals surface area (Å²) in [5.74, 6) is 1.28. The molecule has 14 heteroatoms. The lowest BCUT2D eigenvalue weighted by molar-refractivity contribution is 0.0701. The molecule has 5 rings (SSSR count). The number of aliphatic hydroxyl groups is 1. The molecule has 226 valence electrons. The van der Waals surface area contributed by atoms with Gasteiger partial charge >= 0.3 is 5.97 Å². The molecule has 0 saturated carbocycles. The summed E-state index contributed by atoms with van der Waals surface area (Å²) in [5.41, 5.74) is 3.03. The van der Waals surface area contributed by atoms with Crippen molar-refractivity contribution in [2.24, 2.45) is 5.92 Å². The number of aliphatic hydroxyl groups excluding tert-OH is 1. The largest absolute Gasteiger partial charge is 0.477 e. The second-order valence-corrected chi connectivity index (χ2v) is 14.3. The van der Waals surface area contributed by atoms with Gasteiger partial charge in [-0.05, 0) is 70.1 Å². The number of hydrogen-bond donors (Lipinski definition) is 4. The van der Waals surface area contributed by atoms with E-state index in [0.29, 0.717) is 29.0 Å². The third kappa shape index (κ3) is 6.60. The van der Waals surface area contributed by atoms with Crippen molar-refractivity contribution in [3.8, 4) is 0 Å². The fourth-order valence-corrected chi connectivity index (χ4v) is 6.72. The molecule has 0 aliphatic carbocycles. The van der Waals surface area contributed by atoms with Crippen molar-refractivity contribution in [3.63, 3.8) is 0 Å².